The fraction of sp³-hybridized carbons (Fsp3) is 0.278. The van der Waals surface area contributed by atoms with Crippen LogP contribution in [0.2, 0.25) is 0 Å². The van der Waals surface area contributed by atoms with Gasteiger partial charge in [-0.25, -0.2) is 4.98 Å². The van der Waals surface area contributed by atoms with Crippen LogP contribution in [0.4, 0.5) is 5.69 Å². The monoisotopic (exact) mass is 343 g/mol. The van der Waals surface area contributed by atoms with Crippen LogP contribution in [-0.4, -0.2) is 23.8 Å². The van der Waals surface area contributed by atoms with E-state index >= 15 is 0 Å². The molecule has 1 aromatic carbocycles. The first-order valence-electron chi connectivity index (χ1n) is 7.67. The molecular weight excluding hydrogens is 322 g/mol. The van der Waals surface area contributed by atoms with Crippen molar-refractivity contribution in [3.63, 3.8) is 0 Å². The number of amides is 2. The number of nitrogens with zero attached hydrogens (tertiary/aromatic N) is 2. The van der Waals surface area contributed by atoms with Crippen LogP contribution >= 0.6 is 11.3 Å². The lowest BCUT2D eigenvalue weighted by molar-refractivity contribution is -0.114. The van der Waals surface area contributed by atoms with Crippen molar-refractivity contribution in [2.75, 3.05) is 11.9 Å². The molecule has 2 aromatic rings. The number of rotatable bonds is 6. The van der Waals surface area contributed by atoms with Gasteiger partial charge in [0.25, 0.3) is 11.8 Å². The molecule has 0 spiro atoms. The Morgan fingerprint density at radius 2 is 2.17 bits per heavy atom. The minimum Gasteiger partial charge on any atom is -0.355 e. The Morgan fingerprint density at radius 3 is 2.75 bits per heavy atom. The SMILES string of the molecule is C=CC(=O)N(Cc1cnc(C(C)C)s1)c1cccc(C(=O)NC)c1. The summed E-state index contributed by atoms with van der Waals surface area (Å²) in [7, 11) is 1.58. The largest absolute Gasteiger partial charge is 0.355 e. The van der Waals surface area contributed by atoms with Crippen LogP contribution in [0, 0.1) is 0 Å². The van der Waals surface area contributed by atoms with Crippen molar-refractivity contribution in [1.29, 1.82) is 0 Å². The molecule has 2 amide bonds. The Bertz CT molecular complexity index is 752. The minimum atomic E-state index is -0.219. The van der Waals surface area contributed by atoms with Gasteiger partial charge < -0.3 is 10.2 Å². The first-order chi connectivity index (χ1) is 11.5. The third-order valence-electron chi connectivity index (χ3n) is 3.47. The zero-order chi connectivity index (χ0) is 17.7. The molecule has 0 fully saturated rings. The summed E-state index contributed by atoms with van der Waals surface area (Å²) >= 11 is 1.59. The molecule has 1 aromatic heterocycles. The molecule has 0 bridgehead atoms. The average Bonchev–Trinajstić information content (AvgIpc) is 3.07. The second-order valence-electron chi connectivity index (χ2n) is 5.58. The number of thiazole rings is 1. The van der Waals surface area contributed by atoms with Gasteiger partial charge in [-0.05, 0) is 24.3 Å². The van der Waals surface area contributed by atoms with Gasteiger partial charge in [-0.15, -0.1) is 11.3 Å². The topological polar surface area (TPSA) is 62.3 Å². The summed E-state index contributed by atoms with van der Waals surface area (Å²) in [6.07, 6.45) is 3.07. The van der Waals surface area contributed by atoms with Gasteiger partial charge in [0.2, 0.25) is 0 Å². The standard InChI is InChI=1S/C18H21N3O2S/c1-5-16(22)21(11-15-10-20-18(24-15)12(2)3)14-8-6-7-13(9-14)17(23)19-4/h5-10,12H,1,11H2,2-4H3,(H,19,23). The van der Waals surface area contributed by atoms with Crippen LogP contribution in [0.25, 0.3) is 0 Å². The highest BCUT2D eigenvalue weighted by molar-refractivity contribution is 7.11. The lowest BCUT2D eigenvalue weighted by Crippen LogP contribution is -2.28. The second-order valence-corrected chi connectivity index (χ2v) is 6.72. The predicted molar refractivity (Wildman–Crippen MR) is 97.4 cm³/mol. The molecule has 0 saturated carbocycles. The quantitative estimate of drug-likeness (QED) is 0.818. The van der Waals surface area contributed by atoms with E-state index < -0.39 is 0 Å². The van der Waals surface area contributed by atoms with Gasteiger partial charge in [-0.3, -0.25) is 9.59 Å². The van der Waals surface area contributed by atoms with E-state index in [1.54, 1.807) is 53.7 Å². The zero-order valence-electron chi connectivity index (χ0n) is 14.1. The van der Waals surface area contributed by atoms with Gasteiger partial charge in [0, 0.05) is 35.3 Å². The molecule has 1 N–H and O–H groups in total. The molecule has 0 saturated heterocycles. The molecule has 5 nitrogen and oxygen atoms in total. The normalized spacial score (nSPS) is 10.5. The predicted octanol–water partition coefficient (Wildman–Crippen LogP) is 3.35. The van der Waals surface area contributed by atoms with Crippen molar-refractivity contribution in [3.05, 3.63) is 58.6 Å². The molecular formula is C18H21N3O2S. The Morgan fingerprint density at radius 1 is 1.42 bits per heavy atom. The molecule has 0 unspecified atom stereocenters. The first-order valence-corrected chi connectivity index (χ1v) is 8.48. The van der Waals surface area contributed by atoms with Crippen LogP contribution < -0.4 is 10.2 Å². The van der Waals surface area contributed by atoms with E-state index in [1.807, 2.05) is 0 Å². The Balaban J connectivity index is 2.33. The number of hydrogen-bond donors (Lipinski definition) is 1. The molecule has 24 heavy (non-hydrogen) atoms. The summed E-state index contributed by atoms with van der Waals surface area (Å²) in [5.41, 5.74) is 1.16. The number of carbonyl (C=O) groups excluding carboxylic acids is 2. The molecule has 1 heterocycles. The molecule has 6 heteroatoms. The summed E-state index contributed by atoms with van der Waals surface area (Å²) in [4.78, 5) is 31.1. The second kappa shape index (κ2) is 7.88. The van der Waals surface area contributed by atoms with Gasteiger partial charge in [0.1, 0.15) is 0 Å². The maximum Gasteiger partial charge on any atom is 0.251 e. The van der Waals surface area contributed by atoms with Crippen LogP contribution in [-0.2, 0) is 11.3 Å². The van der Waals surface area contributed by atoms with E-state index in [-0.39, 0.29) is 11.8 Å². The zero-order valence-corrected chi connectivity index (χ0v) is 14.9. The third kappa shape index (κ3) is 4.08. The van der Waals surface area contributed by atoms with Crippen molar-refractivity contribution < 1.29 is 9.59 Å². The number of hydrogen-bond acceptors (Lipinski definition) is 4. The van der Waals surface area contributed by atoms with Crippen LogP contribution in [0.3, 0.4) is 0 Å². The molecule has 0 aliphatic heterocycles. The minimum absolute atomic E-state index is 0.192. The van der Waals surface area contributed by atoms with Crippen molar-refractivity contribution in [3.8, 4) is 0 Å². The maximum atomic E-state index is 12.3. The van der Waals surface area contributed by atoms with E-state index in [2.05, 4.69) is 30.7 Å². The third-order valence-corrected chi connectivity index (χ3v) is 4.75. The van der Waals surface area contributed by atoms with Crippen molar-refractivity contribution in [1.82, 2.24) is 10.3 Å². The van der Waals surface area contributed by atoms with Gasteiger partial charge in [0.15, 0.2) is 0 Å². The molecule has 2 rings (SSSR count). The van der Waals surface area contributed by atoms with Crippen molar-refractivity contribution in [2.24, 2.45) is 0 Å². The van der Waals surface area contributed by atoms with Gasteiger partial charge in [0.05, 0.1) is 11.6 Å². The number of aromatic nitrogens is 1. The van der Waals surface area contributed by atoms with Crippen LogP contribution in [0.15, 0.2) is 43.1 Å². The van der Waals surface area contributed by atoms with E-state index in [0.717, 1.165) is 9.88 Å². The summed E-state index contributed by atoms with van der Waals surface area (Å²) in [6, 6.07) is 6.97. The summed E-state index contributed by atoms with van der Waals surface area (Å²) in [5.74, 6) is -0.0600. The fourth-order valence-electron chi connectivity index (χ4n) is 2.18. The smallest absolute Gasteiger partial charge is 0.251 e. The van der Waals surface area contributed by atoms with E-state index in [0.29, 0.717) is 23.7 Å². The summed E-state index contributed by atoms with van der Waals surface area (Å²) in [6.45, 7) is 8.14. The lowest BCUT2D eigenvalue weighted by atomic mass is 10.1. The number of benzene rings is 1. The van der Waals surface area contributed by atoms with E-state index in [1.165, 1.54) is 6.08 Å². The molecule has 0 atom stereocenters. The fourth-order valence-corrected chi connectivity index (χ4v) is 3.09. The van der Waals surface area contributed by atoms with Gasteiger partial charge >= 0.3 is 0 Å². The van der Waals surface area contributed by atoms with Crippen LogP contribution in [0.5, 0.6) is 0 Å². The summed E-state index contributed by atoms with van der Waals surface area (Å²) in [5, 5.41) is 3.62. The Kier molecular flexibility index (Phi) is 5.87. The summed E-state index contributed by atoms with van der Waals surface area (Å²) < 4.78 is 0. The van der Waals surface area contributed by atoms with E-state index in [9.17, 15) is 9.59 Å². The highest BCUT2D eigenvalue weighted by atomic mass is 32.1. The van der Waals surface area contributed by atoms with E-state index in [4.69, 9.17) is 0 Å². The Hall–Kier alpha value is -2.47. The van der Waals surface area contributed by atoms with Gasteiger partial charge in [-0.1, -0.05) is 26.5 Å². The molecule has 126 valence electrons. The number of anilines is 1. The van der Waals surface area contributed by atoms with Crippen LogP contribution in [0.1, 0.15) is 40.0 Å². The number of nitrogens with one attached hydrogen (secondary N) is 1. The van der Waals surface area contributed by atoms with Crippen molar-refractivity contribution >= 4 is 28.8 Å². The van der Waals surface area contributed by atoms with Gasteiger partial charge in [-0.2, -0.15) is 0 Å². The number of carbonyl (C=O) groups is 2. The highest BCUT2D eigenvalue weighted by Crippen LogP contribution is 2.25. The first kappa shape index (κ1) is 17.9. The molecule has 0 aliphatic carbocycles. The van der Waals surface area contributed by atoms with Crippen molar-refractivity contribution in [2.45, 2.75) is 26.3 Å². The molecule has 0 radical (unpaired) electrons. The molecule has 0 aliphatic rings. The Labute approximate surface area is 146 Å². The highest BCUT2D eigenvalue weighted by Gasteiger charge is 2.17. The average molecular weight is 343 g/mol. The lowest BCUT2D eigenvalue weighted by Gasteiger charge is -2.21. The maximum absolute atomic E-state index is 12.3.